The predicted molar refractivity (Wildman–Crippen MR) is 68.6 cm³/mol. The molecule has 2 rings (SSSR count). The summed E-state index contributed by atoms with van der Waals surface area (Å²) in [4.78, 5) is 5.28. The first-order valence-electron chi connectivity index (χ1n) is 6.39. The number of hydrogen-bond acceptors (Lipinski definition) is 2. The van der Waals surface area contributed by atoms with Crippen LogP contribution in [0, 0.1) is 5.92 Å². The van der Waals surface area contributed by atoms with Crippen LogP contribution >= 0.6 is 15.9 Å². The first kappa shape index (κ1) is 11.9. The van der Waals surface area contributed by atoms with Crippen LogP contribution in [0.4, 0.5) is 0 Å². The lowest BCUT2D eigenvalue weighted by molar-refractivity contribution is 0.165. The number of alkyl halides is 1. The van der Waals surface area contributed by atoms with E-state index >= 15 is 0 Å². The van der Waals surface area contributed by atoms with Crippen LogP contribution in [-0.4, -0.2) is 54.4 Å². The Hall–Kier alpha value is 0.400. The first-order valence-corrected chi connectivity index (χ1v) is 7.51. The first-order chi connectivity index (χ1) is 7.38. The third-order valence-electron chi connectivity index (χ3n) is 3.75. The van der Waals surface area contributed by atoms with Crippen molar-refractivity contribution in [2.24, 2.45) is 5.92 Å². The highest BCUT2D eigenvalue weighted by molar-refractivity contribution is 9.09. The summed E-state index contributed by atoms with van der Waals surface area (Å²) in [6.45, 7) is 7.93. The summed E-state index contributed by atoms with van der Waals surface area (Å²) in [6.07, 6.45) is 5.66. The summed E-state index contributed by atoms with van der Waals surface area (Å²) < 4.78 is 0. The van der Waals surface area contributed by atoms with Gasteiger partial charge in [0.15, 0.2) is 0 Å². The largest absolute Gasteiger partial charge is 0.302 e. The molecule has 0 aromatic heterocycles. The smallest absolute Gasteiger partial charge is 0.0109 e. The van der Waals surface area contributed by atoms with Gasteiger partial charge in [0.1, 0.15) is 0 Å². The molecule has 15 heavy (non-hydrogen) atoms. The lowest BCUT2D eigenvalue weighted by Gasteiger charge is -2.32. The SMILES string of the molecule is BrCC1CCCN(CCN2CCCC2)C1. The number of rotatable bonds is 4. The number of piperidine rings is 1. The minimum atomic E-state index is 0.900. The summed E-state index contributed by atoms with van der Waals surface area (Å²) in [5.74, 6) is 0.900. The second-order valence-electron chi connectivity index (χ2n) is 5.01. The molecular weight excluding hydrogens is 252 g/mol. The average Bonchev–Trinajstić information content (AvgIpc) is 2.79. The molecule has 0 aliphatic carbocycles. The minimum absolute atomic E-state index is 0.900. The average molecular weight is 275 g/mol. The van der Waals surface area contributed by atoms with Gasteiger partial charge in [-0.25, -0.2) is 0 Å². The highest BCUT2D eigenvalue weighted by atomic mass is 79.9. The van der Waals surface area contributed by atoms with Gasteiger partial charge < -0.3 is 9.80 Å². The van der Waals surface area contributed by atoms with Gasteiger partial charge in [-0.3, -0.25) is 0 Å². The van der Waals surface area contributed by atoms with Crippen molar-refractivity contribution in [3.8, 4) is 0 Å². The van der Waals surface area contributed by atoms with Gasteiger partial charge in [0.2, 0.25) is 0 Å². The monoisotopic (exact) mass is 274 g/mol. The van der Waals surface area contributed by atoms with Crippen molar-refractivity contribution in [2.75, 3.05) is 44.6 Å². The third kappa shape index (κ3) is 3.72. The van der Waals surface area contributed by atoms with E-state index in [9.17, 15) is 0 Å². The van der Waals surface area contributed by atoms with Crippen LogP contribution in [0.25, 0.3) is 0 Å². The Morgan fingerprint density at radius 1 is 0.933 bits per heavy atom. The predicted octanol–water partition coefficient (Wildman–Crippen LogP) is 2.19. The second kappa shape index (κ2) is 6.21. The molecule has 0 aromatic carbocycles. The molecule has 1 atom stereocenters. The van der Waals surface area contributed by atoms with Crippen molar-refractivity contribution in [1.82, 2.24) is 9.80 Å². The fourth-order valence-electron chi connectivity index (χ4n) is 2.77. The molecular formula is C12H23BrN2. The Morgan fingerprint density at radius 2 is 1.60 bits per heavy atom. The third-order valence-corrected chi connectivity index (χ3v) is 4.67. The molecule has 2 heterocycles. The number of nitrogens with zero attached hydrogens (tertiary/aromatic N) is 2. The Balaban J connectivity index is 1.65. The van der Waals surface area contributed by atoms with Gasteiger partial charge in [-0.2, -0.15) is 0 Å². The van der Waals surface area contributed by atoms with E-state index in [0.717, 1.165) is 5.92 Å². The topological polar surface area (TPSA) is 6.48 Å². The Labute approximate surface area is 102 Å². The Morgan fingerprint density at radius 3 is 2.33 bits per heavy atom. The van der Waals surface area contributed by atoms with Crippen molar-refractivity contribution in [3.05, 3.63) is 0 Å². The molecule has 2 nitrogen and oxygen atoms in total. The zero-order valence-electron chi connectivity index (χ0n) is 9.63. The van der Waals surface area contributed by atoms with Crippen molar-refractivity contribution in [2.45, 2.75) is 25.7 Å². The maximum absolute atomic E-state index is 3.62. The van der Waals surface area contributed by atoms with E-state index < -0.39 is 0 Å². The second-order valence-corrected chi connectivity index (χ2v) is 5.66. The van der Waals surface area contributed by atoms with Crippen molar-refractivity contribution in [3.63, 3.8) is 0 Å². The van der Waals surface area contributed by atoms with Crippen LogP contribution < -0.4 is 0 Å². The molecule has 2 saturated heterocycles. The zero-order valence-corrected chi connectivity index (χ0v) is 11.2. The van der Waals surface area contributed by atoms with Gasteiger partial charge in [0.05, 0.1) is 0 Å². The lowest BCUT2D eigenvalue weighted by atomic mass is 10.0. The lowest BCUT2D eigenvalue weighted by Crippen LogP contribution is -2.40. The van der Waals surface area contributed by atoms with E-state index in [1.165, 1.54) is 70.3 Å². The molecule has 0 saturated carbocycles. The highest BCUT2D eigenvalue weighted by Crippen LogP contribution is 2.18. The van der Waals surface area contributed by atoms with E-state index in [2.05, 4.69) is 25.7 Å². The molecule has 2 fully saturated rings. The van der Waals surface area contributed by atoms with Gasteiger partial charge in [-0.15, -0.1) is 0 Å². The standard InChI is InChI=1S/C12H23BrN2/c13-10-12-4-3-7-15(11-12)9-8-14-5-1-2-6-14/h12H,1-11H2. The van der Waals surface area contributed by atoms with Crippen LogP contribution in [0.2, 0.25) is 0 Å². The molecule has 1 unspecified atom stereocenters. The molecule has 0 radical (unpaired) electrons. The summed E-state index contributed by atoms with van der Waals surface area (Å²) in [6, 6.07) is 0. The fourth-order valence-corrected chi connectivity index (χ4v) is 3.30. The molecule has 0 bridgehead atoms. The molecule has 0 aromatic rings. The minimum Gasteiger partial charge on any atom is -0.302 e. The van der Waals surface area contributed by atoms with Crippen molar-refractivity contribution in [1.29, 1.82) is 0 Å². The number of hydrogen-bond donors (Lipinski definition) is 0. The van der Waals surface area contributed by atoms with E-state index in [0.29, 0.717) is 0 Å². The van der Waals surface area contributed by atoms with Gasteiger partial charge in [-0.1, -0.05) is 15.9 Å². The van der Waals surface area contributed by atoms with Crippen LogP contribution in [0.5, 0.6) is 0 Å². The van der Waals surface area contributed by atoms with E-state index in [4.69, 9.17) is 0 Å². The van der Waals surface area contributed by atoms with Gasteiger partial charge in [-0.05, 0) is 51.2 Å². The van der Waals surface area contributed by atoms with E-state index in [1.807, 2.05) is 0 Å². The number of likely N-dealkylation sites (tertiary alicyclic amines) is 2. The summed E-state index contributed by atoms with van der Waals surface area (Å²) in [7, 11) is 0. The quantitative estimate of drug-likeness (QED) is 0.726. The number of halogens is 1. The Kier molecular flexibility index (Phi) is 4.92. The molecule has 0 spiro atoms. The summed E-state index contributed by atoms with van der Waals surface area (Å²) >= 11 is 3.62. The maximum atomic E-state index is 3.62. The van der Waals surface area contributed by atoms with Crippen molar-refractivity contribution < 1.29 is 0 Å². The van der Waals surface area contributed by atoms with Gasteiger partial charge in [0.25, 0.3) is 0 Å². The molecule has 2 aliphatic heterocycles. The van der Waals surface area contributed by atoms with Gasteiger partial charge >= 0.3 is 0 Å². The summed E-state index contributed by atoms with van der Waals surface area (Å²) in [5, 5.41) is 1.19. The Bertz CT molecular complexity index is 180. The zero-order chi connectivity index (χ0) is 10.5. The highest BCUT2D eigenvalue weighted by Gasteiger charge is 2.19. The summed E-state index contributed by atoms with van der Waals surface area (Å²) in [5.41, 5.74) is 0. The molecule has 0 N–H and O–H groups in total. The maximum Gasteiger partial charge on any atom is 0.0109 e. The van der Waals surface area contributed by atoms with Crippen LogP contribution in [0.15, 0.2) is 0 Å². The van der Waals surface area contributed by atoms with Gasteiger partial charge in [0, 0.05) is 25.0 Å². The van der Waals surface area contributed by atoms with Crippen molar-refractivity contribution >= 4 is 15.9 Å². The van der Waals surface area contributed by atoms with Crippen LogP contribution in [0.1, 0.15) is 25.7 Å². The van der Waals surface area contributed by atoms with E-state index in [1.54, 1.807) is 0 Å². The molecule has 2 aliphatic rings. The fraction of sp³-hybridized carbons (Fsp3) is 1.00. The molecule has 88 valence electrons. The van der Waals surface area contributed by atoms with E-state index in [-0.39, 0.29) is 0 Å². The van der Waals surface area contributed by atoms with Crippen LogP contribution in [0.3, 0.4) is 0 Å². The van der Waals surface area contributed by atoms with Crippen LogP contribution in [-0.2, 0) is 0 Å². The molecule has 3 heteroatoms. The normalized spacial score (nSPS) is 29.8. The molecule has 0 amide bonds.